The minimum Gasteiger partial charge on any atom is -0.496 e. The molecule has 0 atom stereocenters. The smallest absolute Gasteiger partial charge is 0.282 e. The summed E-state index contributed by atoms with van der Waals surface area (Å²) in [5, 5.41) is 0. The lowest BCUT2D eigenvalue weighted by Gasteiger charge is -2.19. The Morgan fingerprint density at radius 2 is 2.00 bits per heavy atom. The van der Waals surface area contributed by atoms with Gasteiger partial charge in [-0.3, -0.25) is 8.75 Å². The molecule has 0 aliphatic heterocycles. The summed E-state index contributed by atoms with van der Waals surface area (Å²) in [6.45, 7) is 10.7. The van der Waals surface area contributed by atoms with E-state index in [2.05, 4.69) is 49.8 Å². The van der Waals surface area contributed by atoms with Crippen molar-refractivity contribution in [2.75, 3.05) is 7.11 Å². The van der Waals surface area contributed by atoms with Gasteiger partial charge < -0.3 is 4.74 Å². The highest BCUT2D eigenvalue weighted by Crippen LogP contribution is 2.22. The number of rotatable bonds is 6. The van der Waals surface area contributed by atoms with Gasteiger partial charge in [0.2, 0.25) is 0 Å². The number of unbranched alkanes of at least 4 members (excludes halogenated alkanes) is 1. The second-order valence-electron chi connectivity index (χ2n) is 7.46. The number of carbonyl (C=O) groups excluding carboxylic acids is 1. The minimum absolute atomic E-state index is 0.0255. The van der Waals surface area contributed by atoms with Gasteiger partial charge in [0.05, 0.1) is 12.7 Å². The summed E-state index contributed by atoms with van der Waals surface area (Å²) in [4.78, 5) is 17.4. The van der Waals surface area contributed by atoms with Crippen LogP contribution in [0.25, 0.3) is 0 Å². The van der Waals surface area contributed by atoms with Crippen LogP contribution in [0, 0.1) is 0 Å². The Labute approximate surface area is 160 Å². The summed E-state index contributed by atoms with van der Waals surface area (Å²) in [5.41, 5.74) is 2.75. The molecule has 142 valence electrons. The molecule has 1 amide bonds. The van der Waals surface area contributed by atoms with Crippen LogP contribution < -0.4 is 9.41 Å². The van der Waals surface area contributed by atoms with Crippen molar-refractivity contribution in [3.63, 3.8) is 0 Å². The van der Waals surface area contributed by atoms with Crippen LogP contribution >= 0.6 is 11.5 Å². The number of aryl methyl sites for hydroxylation is 2. The van der Waals surface area contributed by atoms with Crippen LogP contribution in [0.3, 0.4) is 0 Å². The highest BCUT2D eigenvalue weighted by Gasteiger charge is 2.17. The molecule has 4 nitrogen and oxygen atoms in total. The van der Waals surface area contributed by atoms with Gasteiger partial charge in [-0.2, -0.15) is 4.99 Å². The molecule has 0 unspecified atom stereocenters. The maximum atomic E-state index is 12.9. The van der Waals surface area contributed by atoms with Crippen LogP contribution in [0.4, 0.5) is 0 Å². The van der Waals surface area contributed by atoms with E-state index >= 15 is 0 Å². The summed E-state index contributed by atoms with van der Waals surface area (Å²) in [6.07, 6.45) is 6.16. The first-order valence-electron chi connectivity index (χ1n) is 9.28. The van der Waals surface area contributed by atoms with Crippen molar-refractivity contribution in [1.29, 1.82) is 0 Å². The summed E-state index contributed by atoms with van der Waals surface area (Å²) in [7, 11) is 1.59. The summed E-state index contributed by atoms with van der Waals surface area (Å²) < 4.78 is 8.37. The largest absolute Gasteiger partial charge is 0.496 e. The molecule has 0 aliphatic carbocycles. The topological polar surface area (TPSA) is 43.6 Å². The van der Waals surface area contributed by atoms with E-state index < -0.39 is 0 Å². The zero-order chi connectivity index (χ0) is 19.3. The lowest BCUT2D eigenvalue weighted by Crippen LogP contribution is -2.18. The first kappa shape index (κ1) is 20.4. The highest BCUT2D eigenvalue weighted by atomic mass is 32.1. The third-order valence-electron chi connectivity index (χ3n) is 4.30. The number of amides is 1. The van der Waals surface area contributed by atoms with Crippen LogP contribution in [0.1, 0.15) is 68.9 Å². The summed E-state index contributed by atoms with van der Waals surface area (Å²) in [5.74, 6) is 0.337. The van der Waals surface area contributed by atoms with E-state index in [1.165, 1.54) is 0 Å². The molecule has 0 radical (unpaired) electrons. The minimum atomic E-state index is -0.238. The molecule has 0 fully saturated rings. The molecule has 0 bridgehead atoms. The second kappa shape index (κ2) is 8.67. The van der Waals surface area contributed by atoms with Gasteiger partial charge in [-0.05, 0) is 69.3 Å². The standard InChI is InChI=1S/C21H30N2O2S/c1-7-9-10-16-14-23(21(3,4)5)26-20(16)22-19(24)17-13-15(8-2)11-12-18(17)25-6/h11-14H,7-10H2,1-6H3. The number of carbonyl (C=O) groups is 1. The van der Waals surface area contributed by atoms with Gasteiger partial charge in [-0.1, -0.05) is 26.3 Å². The first-order valence-corrected chi connectivity index (χ1v) is 10.1. The van der Waals surface area contributed by atoms with Gasteiger partial charge in [0.15, 0.2) is 0 Å². The molecular formula is C21H30N2O2S. The maximum absolute atomic E-state index is 12.9. The monoisotopic (exact) mass is 374 g/mol. The van der Waals surface area contributed by atoms with Crippen LogP contribution in [0.5, 0.6) is 5.75 Å². The first-order chi connectivity index (χ1) is 12.3. The van der Waals surface area contributed by atoms with E-state index in [0.29, 0.717) is 11.3 Å². The molecule has 2 rings (SSSR count). The Morgan fingerprint density at radius 1 is 1.27 bits per heavy atom. The van der Waals surface area contributed by atoms with Crippen LogP contribution in [-0.4, -0.2) is 17.0 Å². The number of methoxy groups -OCH3 is 1. The number of nitrogens with zero attached hydrogens (tertiary/aromatic N) is 2. The average molecular weight is 375 g/mol. The maximum Gasteiger partial charge on any atom is 0.282 e. The van der Waals surface area contributed by atoms with Crippen LogP contribution in [0.2, 0.25) is 0 Å². The predicted octanol–water partition coefficient (Wildman–Crippen LogP) is 4.96. The van der Waals surface area contributed by atoms with Gasteiger partial charge in [-0.25, -0.2) is 0 Å². The Morgan fingerprint density at radius 3 is 2.58 bits per heavy atom. The molecule has 1 heterocycles. The third-order valence-corrected chi connectivity index (χ3v) is 5.68. The van der Waals surface area contributed by atoms with Crippen molar-refractivity contribution in [2.24, 2.45) is 4.99 Å². The third kappa shape index (κ3) is 4.85. The molecule has 1 aromatic carbocycles. The van der Waals surface area contributed by atoms with Crippen molar-refractivity contribution in [3.8, 4) is 5.75 Å². The second-order valence-corrected chi connectivity index (χ2v) is 8.42. The molecule has 0 aliphatic rings. The number of hydrogen-bond donors (Lipinski definition) is 0. The molecule has 0 saturated heterocycles. The van der Waals surface area contributed by atoms with Crippen LogP contribution in [-0.2, 0) is 18.4 Å². The van der Waals surface area contributed by atoms with Gasteiger partial charge in [0, 0.05) is 17.3 Å². The fourth-order valence-electron chi connectivity index (χ4n) is 2.63. The molecule has 0 N–H and O–H groups in total. The lowest BCUT2D eigenvalue weighted by molar-refractivity contribution is 0.0996. The van der Waals surface area contributed by atoms with Gasteiger partial charge in [-0.15, -0.1) is 0 Å². The van der Waals surface area contributed by atoms with Crippen LogP contribution in [0.15, 0.2) is 29.4 Å². The fraction of sp³-hybridized carbons (Fsp3) is 0.524. The van der Waals surface area contributed by atoms with Gasteiger partial charge >= 0.3 is 0 Å². The zero-order valence-electron chi connectivity index (χ0n) is 16.8. The van der Waals surface area contributed by atoms with E-state index in [-0.39, 0.29) is 11.4 Å². The number of ether oxygens (including phenoxy) is 1. The van der Waals surface area contributed by atoms with Crippen molar-refractivity contribution in [1.82, 2.24) is 3.96 Å². The van der Waals surface area contributed by atoms with Gasteiger partial charge in [0.1, 0.15) is 10.4 Å². The molecule has 26 heavy (non-hydrogen) atoms. The molecule has 5 heteroatoms. The highest BCUT2D eigenvalue weighted by molar-refractivity contribution is 7.04. The molecule has 1 aromatic heterocycles. The SMILES string of the molecule is CCCCc1cn(C(C)(C)C)sc1=NC(=O)c1cc(CC)ccc1OC. The Bertz CT molecular complexity index is 825. The predicted molar refractivity (Wildman–Crippen MR) is 108 cm³/mol. The summed E-state index contributed by atoms with van der Waals surface area (Å²) in [6, 6.07) is 5.73. The van der Waals surface area contributed by atoms with E-state index in [9.17, 15) is 4.79 Å². The van der Waals surface area contributed by atoms with Crippen molar-refractivity contribution in [2.45, 2.75) is 65.8 Å². The quantitative estimate of drug-likeness (QED) is 0.717. The van der Waals surface area contributed by atoms with E-state index in [1.807, 2.05) is 18.2 Å². The Hall–Kier alpha value is -1.88. The molecule has 0 saturated carbocycles. The zero-order valence-corrected chi connectivity index (χ0v) is 17.6. The molecular weight excluding hydrogens is 344 g/mol. The fourth-order valence-corrected chi connectivity index (χ4v) is 3.67. The Kier molecular flexibility index (Phi) is 6.81. The normalized spacial score (nSPS) is 12.5. The van der Waals surface area contributed by atoms with Crippen molar-refractivity contribution in [3.05, 3.63) is 45.8 Å². The van der Waals surface area contributed by atoms with E-state index in [1.54, 1.807) is 18.6 Å². The number of aromatic nitrogens is 1. The van der Waals surface area contributed by atoms with Crippen molar-refractivity contribution < 1.29 is 9.53 Å². The molecule has 2 aromatic rings. The molecule has 0 spiro atoms. The van der Waals surface area contributed by atoms with Crippen molar-refractivity contribution >= 4 is 17.4 Å². The number of hydrogen-bond acceptors (Lipinski definition) is 3. The average Bonchev–Trinajstić information content (AvgIpc) is 3.02. The Balaban J connectivity index is 2.51. The lowest BCUT2D eigenvalue weighted by atomic mass is 10.1. The van der Waals surface area contributed by atoms with Gasteiger partial charge in [0.25, 0.3) is 5.91 Å². The van der Waals surface area contributed by atoms with E-state index in [0.717, 1.165) is 41.5 Å². The number of benzene rings is 1. The summed E-state index contributed by atoms with van der Waals surface area (Å²) >= 11 is 1.55. The van der Waals surface area contributed by atoms with E-state index in [4.69, 9.17) is 4.74 Å².